The van der Waals surface area contributed by atoms with Gasteiger partial charge >= 0.3 is 0 Å². The van der Waals surface area contributed by atoms with Crippen LogP contribution in [0.1, 0.15) is 32.2 Å². The van der Waals surface area contributed by atoms with Crippen LogP contribution in [0.5, 0.6) is 0 Å². The summed E-state index contributed by atoms with van der Waals surface area (Å²) in [7, 11) is 0. The molecule has 0 bridgehead atoms. The summed E-state index contributed by atoms with van der Waals surface area (Å²) in [6.07, 6.45) is 1.02. The van der Waals surface area contributed by atoms with Gasteiger partial charge < -0.3 is 5.32 Å². The molecule has 1 N–H and O–H groups in total. The molecule has 1 aromatic heterocycles. The molecule has 1 aliphatic rings. The lowest BCUT2D eigenvalue weighted by Crippen LogP contribution is -2.56. The van der Waals surface area contributed by atoms with Crippen molar-refractivity contribution >= 4 is 0 Å². The molecule has 0 aliphatic carbocycles. The standard InChI is InChI=1S/C13H24N4/c1-4-11-7-12(17(6-3)15-11)10-16(5-2)13-8-14-9-13/h7,13-14H,4-6,8-10H2,1-3H3. The van der Waals surface area contributed by atoms with Gasteiger partial charge in [0.2, 0.25) is 0 Å². The number of aryl methyl sites for hydroxylation is 2. The first-order chi connectivity index (χ1) is 8.28. The predicted molar refractivity (Wildman–Crippen MR) is 70.0 cm³/mol. The highest BCUT2D eigenvalue weighted by atomic mass is 15.3. The van der Waals surface area contributed by atoms with E-state index in [1.807, 2.05) is 0 Å². The van der Waals surface area contributed by atoms with E-state index in [1.54, 1.807) is 0 Å². The summed E-state index contributed by atoms with van der Waals surface area (Å²) in [5, 5.41) is 7.95. The van der Waals surface area contributed by atoms with Crippen molar-refractivity contribution in [1.82, 2.24) is 20.0 Å². The lowest BCUT2D eigenvalue weighted by molar-refractivity contribution is 0.141. The quantitative estimate of drug-likeness (QED) is 0.807. The minimum Gasteiger partial charge on any atom is -0.314 e. The van der Waals surface area contributed by atoms with Gasteiger partial charge in [0.1, 0.15) is 0 Å². The first kappa shape index (κ1) is 12.6. The summed E-state index contributed by atoms with van der Waals surface area (Å²) in [5.74, 6) is 0. The van der Waals surface area contributed by atoms with E-state index in [2.05, 4.69) is 46.8 Å². The molecule has 1 aromatic rings. The summed E-state index contributed by atoms with van der Waals surface area (Å²) in [5.41, 5.74) is 2.57. The molecule has 1 aliphatic heterocycles. The van der Waals surface area contributed by atoms with Crippen molar-refractivity contribution in [2.24, 2.45) is 0 Å². The van der Waals surface area contributed by atoms with Crippen LogP contribution >= 0.6 is 0 Å². The molecule has 0 aromatic carbocycles. The van der Waals surface area contributed by atoms with E-state index in [1.165, 1.54) is 11.4 Å². The summed E-state index contributed by atoms with van der Waals surface area (Å²) < 4.78 is 2.15. The van der Waals surface area contributed by atoms with Gasteiger partial charge in [0.25, 0.3) is 0 Å². The van der Waals surface area contributed by atoms with E-state index in [0.717, 1.165) is 39.1 Å². The third-order valence-corrected chi connectivity index (χ3v) is 3.62. The Labute approximate surface area is 104 Å². The van der Waals surface area contributed by atoms with E-state index >= 15 is 0 Å². The zero-order chi connectivity index (χ0) is 12.3. The fraction of sp³-hybridized carbons (Fsp3) is 0.769. The van der Waals surface area contributed by atoms with Crippen molar-refractivity contribution in [3.63, 3.8) is 0 Å². The van der Waals surface area contributed by atoms with E-state index < -0.39 is 0 Å². The molecule has 0 atom stereocenters. The van der Waals surface area contributed by atoms with Gasteiger partial charge in [-0.25, -0.2) is 0 Å². The Hall–Kier alpha value is -0.870. The third kappa shape index (κ3) is 2.69. The Balaban J connectivity index is 2.07. The molecule has 1 saturated heterocycles. The topological polar surface area (TPSA) is 33.1 Å². The number of likely N-dealkylation sites (N-methyl/N-ethyl adjacent to an activating group) is 1. The Kier molecular flexibility index (Phi) is 4.18. The molecule has 0 unspecified atom stereocenters. The smallest absolute Gasteiger partial charge is 0.0625 e. The van der Waals surface area contributed by atoms with Crippen LogP contribution in [-0.4, -0.2) is 40.4 Å². The Morgan fingerprint density at radius 1 is 1.41 bits per heavy atom. The molecule has 2 heterocycles. The molecular weight excluding hydrogens is 212 g/mol. The zero-order valence-electron chi connectivity index (χ0n) is 11.2. The van der Waals surface area contributed by atoms with Gasteiger partial charge in [-0.2, -0.15) is 5.10 Å². The van der Waals surface area contributed by atoms with E-state index in [4.69, 9.17) is 0 Å². The summed E-state index contributed by atoms with van der Waals surface area (Å²) in [4.78, 5) is 2.54. The van der Waals surface area contributed by atoms with Gasteiger partial charge in [0, 0.05) is 32.2 Å². The van der Waals surface area contributed by atoms with Crippen molar-refractivity contribution in [3.05, 3.63) is 17.5 Å². The van der Waals surface area contributed by atoms with Crippen molar-refractivity contribution in [2.75, 3.05) is 19.6 Å². The summed E-state index contributed by atoms with van der Waals surface area (Å²) in [6, 6.07) is 2.98. The number of hydrogen-bond donors (Lipinski definition) is 1. The highest BCUT2D eigenvalue weighted by Crippen LogP contribution is 2.13. The van der Waals surface area contributed by atoms with Crippen molar-refractivity contribution in [3.8, 4) is 0 Å². The van der Waals surface area contributed by atoms with Crippen molar-refractivity contribution < 1.29 is 0 Å². The number of hydrogen-bond acceptors (Lipinski definition) is 3. The normalized spacial score (nSPS) is 16.5. The second-order valence-corrected chi connectivity index (χ2v) is 4.67. The first-order valence-electron chi connectivity index (χ1n) is 6.78. The zero-order valence-corrected chi connectivity index (χ0v) is 11.2. The van der Waals surface area contributed by atoms with Gasteiger partial charge in [-0.1, -0.05) is 13.8 Å². The maximum Gasteiger partial charge on any atom is 0.0625 e. The molecule has 4 heteroatoms. The summed E-state index contributed by atoms with van der Waals surface area (Å²) in [6.45, 7) is 12.0. The number of aromatic nitrogens is 2. The summed E-state index contributed by atoms with van der Waals surface area (Å²) >= 11 is 0. The lowest BCUT2D eigenvalue weighted by Gasteiger charge is -2.37. The van der Waals surface area contributed by atoms with Gasteiger partial charge in [-0.15, -0.1) is 0 Å². The van der Waals surface area contributed by atoms with Crippen molar-refractivity contribution in [2.45, 2.75) is 46.3 Å². The minimum atomic E-state index is 0.713. The maximum absolute atomic E-state index is 4.61. The van der Waals surface area contributed by atoms with Crippen LogP contribution in [0.3, 0.4) is 0 Å². The van der Waals surface area contributed by atoms with Crippen molar-refractivity contribution in [1.29, 1.82) is 0 Å². The number of nitrogens with one attached hydrogen (secondary N) is 1. The largest absolute Gasteiger partial charge is 0.314 e. The van der Waals surface area contributed by atoms with E-state index in [-0.39, 0.29) is 0 Å². The van der Waals surface area contributed by atoms with Gasteiger partial charge in [-0.05, 0) is 26.0 Å². The molecule has 96 valence electrons. The second kappa shape index (κ2) is 5.65. The average molecular weight is 236 g/mol. The maximum atomic E-state index is 4.61. The van der Waals surface area contributed by atoms with Crippen LogP contribution in [0, 0.1) is 0 Å². The molecule has 17 heavy (non-hydrogen) atoms. The monoisotopic (exact) mass is 236 g/mol. The molecule has 0 radical (unpaired) electrons. The second-order valence-electron chi connectivity index (χ2n) is 4.67. The molecule has 2 rings (SSSR count). The van der Waals surface area contributed by atoms with Gasteiger partial charge in [-0.3, -0.25) is 9.58 Å². The number of rotatable bonds is 6. The van der Waals surface area contributed by atoms with E-state index in [0.29, 0.717) is 6.04 Å². The Morgan fingerprint density at radius 3 is 2.65 bits per heavy atom. The Morgan fingerprint density at radius 2 is 2.18 bits per heavy atom. The Bertz CT molecular complexity index is 354. The van der Waals surface area contributed by atoms with Crippen LogP contribution in [0.4, 0.5) is 0 Å². The fourth-order valence-corrected chi connectivity index (χ4v) is 2.33. The molecule has 4 nitrogen and oxygen atoms in total. The van der Waals surface area contributed by atoms with Crippen LogP contribution in [0.15, 0.2) is 6.07 Å². The highest BCUT2D eigenvalue weighted by Gasteiger charge is 2.24. The lowest BCUT2D eigenvalue weighted by atomic mass is 10.1. The van der Waals surface area contributed by atoms with Crippen LogP contribution in [0.25, 0.3) is 0 Å². The van der Waals surface area contributed by atoms with Gasteiger partial charge in [0.15, 0.2) is 0 Å². The van der Waals surface area contributed by atoms with E-state index in [9.17, 15) is 0 Å². The highest BCUT2D eigenvalue weighted by molar-refractivity contribution is 5.11. The van der Waals surface area contributed by atoms with Gasteiger partial charge in [0.05, 0.1) is 11.4 Å². The first-order valence-corrected chi connectivity index (χ1v) is 6.78. The molecule has 0 amide bonds. The third-order valence-electron chi connectivity index (χ3n) is 3.62. The van der Waals surface area contributed by atoms with Crippen LogP contribution in [-0.2, 0) is 19.5 Å². The van der Waals surface area contributed by atoms with Crippen LogP contribution in [0.2, 0.25) is 0 Å². The predicted octanol–water partition coefficient (Wildman–Crippen LogP) is 1.26. The fourth-order valence-electron chi connectivity index (χ4n) is 2.33. The minimum absolute atomic E-state index is 0.713. The molecule has 1 fully saturated rings. The average Bonchev–Trinajstić information content (AvgIpc) is 2.68. The number of nitrogens with zero attached hydrogens (tertiary/aromatic N) is 3. The SMILES string of the molecule is CCc1cc(CN(CC)C2CNC2)n(CC)n1. The van der Waals surface area contributed by atoms with Crippen LogP contribution < -0.4 is 5.32 Å². The molecular formula is C13H24N4. The molecule has 0 spiro atoms. The molecule has 0 saturated carbocycles.